The highest BCUT2D eigenvalue weighted by molar-refractivity contribution is 9.10. The molecule has 0 heterocycles. The first-order valence-electron chi connectivity index (χ1n) is 5.93. The molecule has 0 unspecified atom stereocenters. The van der Waals surface area contributed by atoms with E-state index in [-0.39, 0.29) is 5.97 Å². The molecule has 5 nitrogen and oxygen atoms in total. The van der Waals surface area contributed by atoms with Crippen molar-refractivity contribution < 1.29 is 24.2 Å². The van der Waals surface area contributed by atoms with E-state index in [4.69, 9.17) is 9.84 Å². The van der Waals surface area contributed by atoms with Crippen LogP contribution < -0.4 is 4.74 Å². The summed E-state index contributed by atoms with van der Waals surface area (Å²) in [5.74, 6) is -0.668. The van der Waals surface area contributed by atoms with Gasteiger partial charge in [0.1, 0.15) is 5.75 Å². The zero-order chi connectivity index (χ0) is 15.0. The van der Waals surface area contributed by atoms with Gasteiger partial charge in [0, 0.05) is 17.0 Å². The lowest BCUT2D eigenvalue weighted by atomic mass is 10.2. The standard InChI is InChI=1S/C14H15BrO5/c1-19-14(18)3-2-8-20-11-5-6-12(15)10(9-11)4-7-13(16)17/h4-7,9H,2-3,8H2,1H3,(H,16,17)/b7-4+. The van der Waals surface area contributed by atoms with Crippen LogP contribution in [0, 0.1) is 0 Å². The molecule has 0 saturated heterocycles. The lowest BCUT2D eigenvalue weighted by Crippen LogP contribution is -2.04. The van der Waals surface area contributed by atoms with Crippen LogP contribution in [-0.4, -0.2) is 30.8 Å². The molecule has 0 aliphatic carbocycles. The highest BCUT2D eigenvalue weighted by Gasteiger charge is 2.03. The van der Waals surface area contributed by atoms with Crippen molar-refractivity contribution in [2.24, 2.45) is 0 Å². The maximum atomic E-state index is 10.9. The molecule has 1 aromatic rings. The molecule has 0 spiro atoms. The number of halogens is 1. The zero-order valence-electron chi connectivity index (χ0n) is 11.0. The van der Waals surface area contributed by atoms with Crippen molar-refractivity contribution in [1.29, 1.82) is 0 Å². The number of esters is 1. The number of rotatable bonds is 7. The van der Waals surface area contributed by atoms with Gasteiger partial charge in [-0.25, -0.2) is 4.79 Å². The minimum absolute atomic E-state index is 0.269. The number of methoxy groups -OCH3 is 1. The predicted molar refractivity (Wildman–Crippen MR) is 77.6 cm³/mol. The van der Waals surface area contributed by atoms with Crippen LogP contribution in [-0.2, 0) is 14.3 Å². The van der Waals surface area contributed by atoms with Crippen molar-refractivity contribution in [2.75, 3.05) is 13.7 Å². The first-order chi connectivity index (χ1) is 9.52. The van der Waals surface area contributed by atoms with Crippen LogP contribution in [0.25, 0.3) is 6.08 Å². The lowest BCUT2D eigenvalue weighted by Gasteiger charge is -2.07. The second-order valence-electron chi connectivity index (χ2n) is 3.88. The van der Waals surface area contributed by atoms with Gasteiger partial charge in [-0.1, -0.05) is 15.9 Å². The van der Waals surface area contributed by atoms with E-state index in [1.807, 2.05) is 0 Å². The average Bonchev–Trinajstić information content (AvgIpc) is 2.43. The molecular weight excluding hydrogens is 328 g/mol. The molecule has 0 amide bonds. The van der Waals surface area contributed by atoms with Gasteiger partial charge in [-0.05, 0) is 36.3 Å². The maximum absolute atomic E-state index is 10.9. The summed E-state index contributed by atoms with van der Waals surface area (Å²) in [5, 5.41) is 8.61. The van der Waals surface area contributed by atoms with E-state index in [1.165, 1.54) is 13.2 Å². The SMILES string of the molecule is COC(=O)CCCOc1ccc(Br)c(/C=C/C(=O)O)c1. The Balaban J connectivity index is 2.57. The predicted octanol–water partition coefficient (Wildman–Crippen LogP) is 2.88. The van der Waals surface area contributed by atoms with Gasteiger partial charge >= 0.3 is 11.9 Å². The third-order valence-corrected chi connectivity index (χ3v) is 3.12. The Morgan fingerprint density at radius 1 is 1.40 bits per heavy atom. The molecule has 1 rings (SSSR count). The number of hydrogen-bond acceptors (Lipinski definition) is 4. The number of carbonyl (C=O) groups is 2. The Hall–Kier alpha value is -1.82. The van der Waals surface area contributed by atoms with Crippen molar-refractivity contribution in [1.82, 2.24) is 0 Å². The molecule has 0 fully saturated rings. The second kappa shape index (κ2) is 8.37. The number of carboxylic acid groups (broad SMARTS) is 1. The summed E-state index contributed by atoms with van der Waals surface area (Å²) in [5.41, 5.74) is 0.706. The van der Waals surface area contributed by atoms with E-state index >= 15 is 0 Å². The van der Waals surface area contributed by atoms with Crippen molar-refractivity contribution in [3.63, 3.8) is 0 Å². The highest BCUT2D eigenvalue weighted by atomic mass is 79.9. The molecule has 0 aliphatic rings. The Labute approximate surface area is 125 Å². The normalized spacial score (nSPS) is 10.5. The average molecular weight is 343 g/mol. The quantitative estimate of drug-likeness (QED) is 0.468. The Bertz CT molecular complexity index is 510. The van der Waals surface area contributed by atoms with Crippen LogP contribution in [0.4, 0.5) is 0 Å². The van der Waals surface area contributed by atoms with E-state index in [2.05, 4.69) is 20.7 Å². The minimum atomic E-state index is -1.01. The van der Waals surface area contributed by atoms with Crippen LogP contribution in [0.3, 0.4) is 0 Å². The highest BCUT2D eigenvalue weighted by Crippen LogP contribution is 2.24. The summed E-state index contributed by atoms with van der Waals surface area (Å²) < 4.78 is 10.8. The summed E-state index contributed by atoms with van der Waals surface area (Å²) in [7, 11) is 1.35. The van der Waals surface area contributed by atoms with E-state index in [1.54, 1.807) is 18.2 Å². The monoisotopic (exact) mass is 342 g/mol. The summed E-state index contributed by atoms with van der Waals surface area (Å²) in [6.07, 6.45) is 3.40. The number of carboxylic acids is 1. The Kier molecular flexibility index (Phi) is 6.79. The molecule has 0 aliphatic heterocycles. The summed E-state index contributed by atoms with van der Waals surface area (Å²) in [6.45, 7) is 0.388. The van der Waals surface area contributed by atoms with Crippen LogP contribution in [0.2, 0.25) is 0 Å². The first kappa shape index (κ1) is 16.2. The second-order valence-corrected chi connectivity index (χ2v) is 4.74. The van der Waals surface area contributed by atoms with Gasteiger partial charge in [-0.2, -0.15) is 0 Å². The fraction of sp³-hybridized carbons (Fsp3) is 0.286. The molecule has 1 N–H and O–H groups in total. The summed E-state index contributed by atoms with van der Waals surface area (Å²) in [6, 6.07) is 5.26. The third kappa shape index (κ3) is 5.88. The number of benzene rings is 1. The first-order valence-corrected chi connectivity index (χ1v) is 6.72. The van der Waals surface area contributed by atoms with Crippen LogP contribution >= 0.6 is 15.9 Å². The largest absolute Gasteiger partial charge is 0.494 e. The zero-order valence-corrected chi connectivity index (χ0v) is 12.6. The molecule has 0 atom stereocenters. The van der Waals surface area contributed by atoms with Crippen LogP contribution in [0.1, 0.15) is 18.4 Å². The fourth-order valence-corrected chi connectivity index (χ4v) is 1.79. The molecule has 108 valence electrons. The van der Waals surface area contributed by atoms with Gasteiger partial charge in [0.25, 0.3) is 0 Å². The molecule has 0 bridgehead atoms. The molecule has 20 heavy (non-hydrogen) atoms. The lowest BCUT2D eigenvalue weighted by molar-refractivity contribution is -0.140. The van der Waals surface area contributed by atoms with Gasteiger partial charge in [0.05, 0.1) is 13.7 Å². The van der Waals surface area contributed by atoms with Gasteiger partial charge in [-0.15, -0.1) is 0 Å². The molecule has 6 heteroatoms. The van der Waals surface area contributed by atoms with Crippen molar-refractivity contribution >= 4 is 33.9 Å². The summed E-state index contributed by atoms with van der Waals surface area (Å²) >= 11 is 3.33. The Morgan fingerprint density at radius 3 is 2.80 bits per heavy atom. The van der Waals surface area contributed by atoms with Crippen LogP contribution in [0.5, 0.6) is 5.75 Å². The van der Waals surface area contributed by atoms with Gasteiger partial charge in [-0.3, -0.25) is 4.79 Å². The number of hydrogen-bond donors (Lipinski definition) is 1. The smallest absolute Gasteiger partial charge is 0.328 e. The summed E-state index contributed by atoms with van der Waals surface area (Å²) in [4.78, 5) is 21.4. The number of carbonyl (C=O) groups excluding carboxylic acids is 1. The Morgan fingerprint density at radius 2 is 2.15 bits per heavy atom. The maximum Gasteiger partial charge on any atom is 0.328 e. The molecule has 0 aromatic heterocycles. The molecule has 1 aromatic carbocycles. The van der Waals surface area contributed by atoms with Crippen LogP contribution in [0.15, 0.2) is 28.7 Å². The molecule has 0 radical (unpaired) electrons. The minimum Gasteiger partial charge on any atom is -0.494 e. The van der Waals surface area contributed by atoms with Crippen molar-refractivity contribution in [2.45, 2.75) is 12.8 Å². The van der Waals surface area contributed by atoms with Crippen molar-refractivity contribution in [3.8, 4) is 5.75 Å². The van der Waals surface area contributed by atoms with E-state index in [0.29, 0.717) is 30.8 Å². The van der Waals surface area contributed by atoms with Crippen molar-refractivity contribution in [3.05, 3.63) is 34.3 Å². The van der Waals surface area contributed by atoms with Gasteiger partial charge < -0.3 is 14.6 Å². The van der Waals surface area contributed by atoms with E-state index < -0.39 is 5.97 Å². The molecular formula is C14H15BrO5. The van der Waals surface area contributed by atoms with Gasteiger partial charge in [0.15, 0.2) is 0 Å². The number of ether oxygens (including phenoxy) is 2. The van der Waals surface area contributed by atoms with E-state index in [9.17, 15) is 9.59 Å². The molecule has 0 saturated carbocycles. The van der Waals surface area contributed by atoms with Gasteiger partial charge in [0.2, 0.25) is 0 Å². The number of aliphatic carboxylic acids is 1. The topological polar surface area (TPSA) is 72.8 Å². The third-order valence-electron chi connectivity index (χ3n) is 2.39. The van der Waals surface area contributed by atoms with E-state index in [0.717, 1.165) is 10.5 Å². The fourth-order valence-electron chi connectivity index (χ4n) is 1.41.